The summed E-state index contributed by atoms with van der Waals surface area (Å²) in [7, 11) is 0. The maximum atomic E-state index is 11.6. The highest BCUT2D eigenvalue weighted by Crippen LogP contribution is 2.05. The summed E-state index contributed by atoms with van der Waals surface area (Å²) in [4.78, 5) is 15.5. The molecular weight excluding hydrogens is 238 g/mol. The standard InChI is InChI=1S/C15H15N3O/c1-12-4-2-5-13(10-12)7-9-17-15(19)18-14-6-3-8-16-11-14/h2-11H,1H3,(H2,17,18,19)/b9-7+. The molecule has 2 N–H and O–H groups in total. The van der Waals surface area contributed by atoms with Gasteiger partial charge < -0.3 is 10.6 Å². The van der Waals surface area contributed by atoms with Gasteiger partial charge in [-0.1, -0.05) is 29.8 Å². The normalized spacial score (nSPS) is 10.4. The Hall–Kier alpha value is -2.62. The molecule has 0 bridgehead atoms. The van der Waals surface area contributed by atoms with Crippen LogP contribution in [0, 0.1) is 6.92 Å². The number of urea groups is 1. The molecular formula is C15H15N3O. The van der Waals surface area contributed by atoms with Gasteiger partial charge in [0.05, 0.1) is 11.9 Å². The molecule has 0 atom stereocenters. The number of carbonyl (C=O) groups is 1. The lowest BCUT2D eigenvalue weighted by Crippen LogP contribution is -2.23. The molecule has 2 rings (SSSR count). The predicted molar refractivity (Wildman–Crippen MR) is 76.6 cm³/mol. The number of hydrogen-bond acceptors (Lipinski definition) is 2. The molecule has 0 radical (unpaired) electrons. The maximum absolute atomic E-state index is 11.6. The zero-order valence-corrected chi connectivity index (χ0v) is 10.6. The van der Waals surface area contributed by atoms with E-state index in [0.29, 0.717) is 5.69 Å². The molecule has 0 unspecified atom stereocenters. The summed E-state index contributed by atoms with van der Waals surface area (Å²) >= 11 is 0. The summed E-state index contributed by atoms with van der Waals surface area (Å²) in [5, 5.41) is 5.32. The second-order valence-corrected chi connectivity index (χ2v) is 4.09. The Kier molecular flexibility index (Phi) is 4.29. The van der Waals surface area contributed by atoms with E-state index in [-0.39, 0.29) is 6.03 Å². The van der Waals surface area contributed by atoms with Gasteiger partial charge >= 0.3 is 6.03 Å². The van der Waals surface area contributed by atoms with E-state index in [9.17, 15) is 4.79 Å². The number of benzene rings is 1. The molecule has 0 fully saturated rings. The average Bonchev–Trinajstić information content (AvgIpc) is 2.40. The number of rotatable bonds is 3. The van der Waals surface area contributed by atoms with Crippen LogP contribution in [0.2, 0.25) is 0 Å². The van der Waals surface area contributed by atoms with Crippen LogP contribution in [0.5, 0.6) is 0 Å². The molecule has 0 spiro atoms. The smallest absolute Gasteiger partial charge is 0.314 e. The summed E-state index contributed by atoms with van der Waals surface area (Å²) < 4.78 is 0. The second-order valence-electron chi connectivity index (χ2n) is 4.09. The van der Waals surface area contributed by atoms with Gasteiger partial charge in [-0.05, 0) is 30.7 Å². The molecule has 1 aromatic carbocycles. The van der Waals surface area contributed by atoms with Crippen LogP contribution in [0.3, 0.4) is 0 Å². The molecule has 0 aliphatic heterocycles. The Morgan fingerprint density at radius 2 is 2.16 bits per heavy atom. The van der Waals surface area contributed by atoms with E-state index in [1.165, 1.54) is 5.56 Å². The average molecular weight is 253 g/mol. The van der Waals surface area contributed by atoms with Crippen LogP contribution in [0.25, 0.3) is 6.08 Å². The number of carbonyl (C=O) groups excluding carboxylic acids is 1. The molecule has 4 heteroatoms. The summed E-state index contributed by atoms with van der Waals surface area (Å²) in [6, 6.07) is 11.3. The van der Waals surface area contributed by atoms with E-state index in [1.807, 2.05) is 37.3 Å². The van der Waals surface area contributed by atoms with E-state index in [2.05, 4.69) is 15.6 Å². The van der Waals surface area contributed by atoms with Gasteiger partial charge in [-0.3, -0.25) is 4.98 Å². The van der Waals surface area contributed by atoms with Gasteiger partial charge in [-0.25, -0.2) is 4.79 Å². The van der Waals surface area contributed by atoms with E-state index in [0.717, 1.165) is 5.56 Å². The fraction of sp³-hybridized carbons (Fsp3) is 0.0667. The third-order valence-electron chi connectivity index (χ3n) is 2.45. The zero-order valence-electron chi connectivity index (χ0n) is 10.6. The number of aromatic nitrogens is 1. The first-order valence-electron chi connectivity index (χ1n) is 5.95. The maximum Gasteiger partial charge on any atom is 0.323 e. The Bertz CT molecular complexity index is 579. The SMILES string of the molecule is Cc1cccc(/C=C/NC(=O)Nc2cccnc2)c1. The quantitative estimate of drug-likeness (QED) is 0.882. The van der Waals surface area contributed by atoms with Crippen LogP contribution in [-0.4, -0.2) is 11.0 Å². The Balaban J connectivity index is 1.87. The topological polar surface area (TPSA) is 54.0 Å². The van der Waals surface area contributed by atoms with E-state index in [4.69, 9.17) is 0 Å². The lowest BCUT2D eigenvalue weighted by Gasteiger charge is -2.03. The first-order valence-corrected chi connectivity index (χ1v) is 5.95. The van der Waals surface area contributed by atoms with Gasteiger partial charge in [-0.2, -0.15) is 0 Å². The highest BCUT2D eigenvalue weighted by Gasteiger charge is 1.97. The third kappa shape index (κ3) is 4.27. The van der Waals surface area contributed by atoms with Crippen LogP contribution in [-0.2, 0) is 0 Å². The van der Waals surface area contributed by atoms with Crippen LogP contribution in [0.1, 0.15) is 11.1 Å². The number of hydrogen-bond donors (Lipinski definition) is 2. The number of aryl methyl sites for hydroxylation is 1. The molecule has 0 saturated heterocycles. The van der Waals surface area contributed by atoms with Crippen molar-refractivity contribution in [1.29, 1.82) is 0 Å². The van der Waals surface area contributed by atoms with Crippen molar-refractivity contribution in [1.82, 2.24) is 10.3 Å². The molecule has 2 aromatic rings. The van der Waals surface area contributed by atoms with Crippen molar-refractivity contribution in [2.75, 3.05) is 5.32 Å². The van der Waals surface area contributed by atoms with Crippen LogP contribution >= 0.6 is 0 Å². The van der Waals surface area contributed by atoms with Crippen LogP contribution < -0.4 is 10.6 Å². The minimum Gasteiger partial charge on any atom is -0.314 e. The molecule has 96 valence electrons. The van der Waals surface area contributed by atoms with Gasteiger partial charge in [0, 0.05) is 12.4 Å². The lowest BCUT2D eigenvalue weighted by molar-refractivity contribution is 0.255. The molecule has 1 heterocycles. The third-order valence-corrected chi connectivity index (χ3v) is 2.45. The summed E-state index contributed by atoms with van der Waals surface area (Å²) in [5.74, 6) is 0. The summed E-state index contributed by atoms with van der Waals surface area (Å²) in [5.41, 5.74) is 2.88. The highest BCUT2D eigenvalue weighted by molar-refractivity contribution is 5.90. The molecule has 0 saturated carbocycles. The summed E-state index contributed by atoms with van der Waals surface area (Å²) in [6.45, 7) is 2.03. The van der Waals surface area contributed by atoms with Crippen LogP contribution in [0.15, 0.2) is 55.0 Å². The van der Waals surface area contributed by atoms with Gasteiger partial charge in [0.2, 0.25) is 0 Å². The summed E-state index contributed by atoms with van der Waals surface area (Å²) in [6.07, 6.45) is 6.70. The monoisotopic (exact) mass is 253 g/mol. The van der Waals surface area contributed by atoms with E-state index < -0.39 is 0 Å². The van der Waals surface area contributed by atoms with Crippen molar-refractivity contribution in [3.05, 3.63) is 66.1 Å². The van der Waals surface area contributed by atoms with Crippen molar-refractivity contribution in [3.63, 3.8) is 0 Å². The number of nitrogens with zero attached hydrogens (tertiary/aromatic N) is 1. The lowest BCUT2D eigenvalue weighted by atomic mass is 10.1. The Morgan fingerprint density at radius 1 is 1.26 bits per heavy atom. The van der Waals surface area contributed by atoms with E-state index >= 15 is 0 Å². The number of pyridine rings is 1. The molecule has 0 aliphatic carbocycles. The first kappa shape index (κ1) is 12.8. The number of anilines is 1. The van der Waals surface area contributed by atoms with Gasteiger partial charge in [0.1, 0.15) is 0 Å². The van der Waals surface area contributed by atoms with Crippen molar-refractivity contribution in [3.8, 4) is 0 Å². The highest BCUT2D eigenvalue weighted by atomic mass is 16.2. The fourth-order valence-electron chi connectivity index (χ4n) is 1.59. The molecule has 4 nitrogen and oxygen atoms in total. The van der Waals surface area contributed by atoms with Crippen molar-refractivity contribution >= 4 is 17.8 Å². The van der Waals surface area contributed by atoms with Crippen molar-refractivity contribution in [2.45, 2.75) is 6.92 Å². The predicted octanol–water partition coefficient (Wildman–Crippen LogP) is 3.18. The fourth-order valence-corrected chi connectivity index (χ4v) is 1.59. The van der Waals surface area contributed by atoms with Crippen LogP contribution in [0.4, 0.5) is 10.5 Å². The molecule has 1 aromatic heterocycles. The first-order chi connectivity index (χ1) is 9.24. The molecule has 19 heavy (non-hydrogen) atoms. The van der Waals surface area contributed by atoms with Gasteiger partial charge in [0.15, 0.2) is 0 Å². The van der Waals surface area contributed by atoms with Gasteiger partial charge in [-0.15, -0.1) is 0 Å². The number of amides is 2. The zero-order chi connectivity index (χ0) is 13.5. The largest absolute Gasteiger partial charge is 0.323 e. The Labute approximate surface area is 112 Å². The minimum atomic E-state index is -0.295. The molecule has 0 aliphatic rings. The Morgan fingerprint density at radius 3 is 2.89 bits per heavy atom. The molecule has 2 amide bonds. The number of nitrogens with one attached hydrogen (secondary N) is 2. The minimum absolute atomic E-state index is 0.295. The van der Waals surface area contributed by atoms with Crippen molar-refractivity contribution in [2.24, 2.45) is 0 Å². The van der Waals surface area contributed by atoms with Gasteiger partial charge in [0.25, 0.3) is 0 Å². The van der Waals surface area contributed by atoms with Crippen molar-refractivity contribution < 1.29 is 4.79 Å². The second kappa shape index (κ2) is 6.35. The van der Waals surface area contributed by atoms with E-state index in [1.54, 1.807) is 30.7 Å².